The lowest BCUT2D eigenvalue weighted by atomic mass is 10.1. The van der Waals surface area contributed by atoms with Gasteiger partial charge >= 0.3 is 0 Å². The summed E-state index contributed by atoms with van der Waals surface area (Å²) >= 11 is 18.2. The minimum atomic E-state index is -0.228. The normalized spacial score (nSPS) is 14.0. The molecule has 0 aliphatic carbocycles. The Bertz CT molecular complexity index is 774. The number of nitrogens with zero attached hydrogens (tertiary/aromatic N) is 2. The van der Waals surface area contributed by atoms with Crippen LogP contribution >= 0.6 is 34.8 Å². The molecule has 21 heavy (non-hydrogen) atoms. The molecule has 2 heterocycles. The van der Waals surface area contributed by atoms with Crippen LogP contribution in [0.15, 0.2) is 35.3 Å². The van der Waals surface area contributed by atoms with Gasteiger partial charge in [-0.05, 0) is 30.3 Å². The fourth-order valence-electron chi connectivity index (χ4n) is 2.02. The molecule has 0 saturated heterocycles. The number of benzene rings is 1. The number of aromatic nitrogens is 1. The van der Waals surface area contributed by atoms with Gasteiger partial charge in [0.05, 0.1) is 16.4 Å². The first-order chi connectivity index (χ1) is 10.0. The maximum absolute atomic E-state index is 11.7. The number of hydrogen-bond donors (Lipinski definition) is 1. The van der Waals surface area contributed by atoms with Gasteiger partial charge in [-0.3, -0.25) is 9.79 Å². The summed E-state index contributed by atoms with van der Waals surface area (Å²) in [5, 5.41) is 4.02. The highest BCUT2D eigenvalue weighted by Crippen LogP contribution is 2.28. The Morgan fingerprint density at radius 2 is 1.90 bits per heavy atom. The fourth-order valence-corrected chi connectivity index (χ4v) is 2.55. The minimum absolute atomic E-state index is 0.0217. The van der Waals surface area contributed by atoms with Crippen LogP contribution in [0, 0.1) is 0 Å². The number of aliphatic imine (C=N–C) groups is 1. The van der Waals surface area contributed by atoms with Gasteiger partial charge in [0, 0.05) is 10.6 Å². The van der Waals surface area contributed by atoms with Gasteiger partial charge in [-0.25, -0.2) is 4.98 Å². The summed E-state index contributed by atoms with van der Waals surface area (Å²) in [5.74, 6) is -0.228. The summed E-state index contributed by atoms with van der Waals surface area (Å²) in [6, 6.07) is 8.32. The number of halogens is 3. The predicted octanol–water partition coefficient (Wildman–Crippen LogP) is 3.83. The van der Waals surface area contributed by atoms with Crippen molar-refractivity contribution in [1.29, 1.82) is 0 Å². The van der Waals surface area contributed by atoms with Crippen molar-refractivity contribution in [2.75, 3.05) is 11.9 Å². The first-order valence-corrected chi connectivity index (χ1v) is 7.14. The quantitative estimate of drug-likeness (QED) is 0.802. The summed E-state index contributed by atoms with van der Waals surface area (Å²) in [5.41, 5.74) is 2.10. The Kier molecular flexibility index (Phi) is 3.85. The number of carbonyl (C=O) groups excluding carboxylic acids is 1. The highest BCUT2D eigenvalue weighted by atomic mass is 35.5. The third-order valence-corrected chi connectivity index (χ3v) is 3.70. The molecule has 1 aliphatic rings. The monoisotopic (exact) mass is 339 g/mol. The third-order valence-electron chi connectivity index (χ3n) is 2.92. The van der Waals surface area contributed by atoms with E-state index < -0.39 is 0 Å². The number of amides is 1. The van der Waals surface area contributed by atoms with Gasteiger partial charge in [-0.2, -0.15) is 0 Å². The Hall–Kier alpha value is -1.62. The molecule has 0 radical (unpaired) electrons. The van der Waals surface area contributed by atoms with Crippen molar-refractivity contribution in [3.8, 4) is 0 Å². The zero-order valence-corrected chi connectivity index (χ0v) is 12.8. The van der Waals surface area contributed by atoms with Crippen molar-refractivity contribution >= 4 is 52.1 Å². The van der Waals surface area contributed by atoms with Crippen LogP contribution in [0.2, 0.25) is 15.2 Å². The fraction of sp³-hybridized carbons (Fsp3) is 0.0714. The van der Waals surface area contributed by atoms with E-state index in [2.05, 4.69) is 15.3 Å². The Labute approximate surface area is 135 Å². The Morgan fingerprint density at radius 1 is 1.10 bits per heavy atom. The molecule has 1 amide bonds. The second-order valence-electron chi connectivity index (χ2n) is 4.37. The van der Waals surface area contributed by atoms with Gasteiger partial charge < -0.3 is 5.32 Å². The molecule has 0 bridgehead atoms. The average Bonchev–Trinajstić information content (AvgIpc) is 2.60. The summed E-state index contributed by atoms with van der Waals surface area (Å²) in [4.78, 5) is 20.3. The Morgan fingerprint density at radius 3 is 2.71 bits per heavy atom. The molecular weight excluding hydrogens is 333 g/mol. The van der Waals surface area contributed by atoms with Crippen LogP contribution in [-0.2, 0) is 4.79 Å². The van der Waals surface area contributed by atoms with Crippen LogP contribution in [0.5, 0.6) is 0 Å². The summed E-state index contributed by atoms with van der Waals surface area (Å²) in [6.45, 7) is -0.0217. The van der Waals surface area contributed by atoms with Crippen LogP contribution in [0.4, 0.5) is 5.69 Å². The van der Waals surface area contributed by atoms with Gasteiger partial charge in [0.15, 0.2) is 0 Å². The molecule has 0 fully saturated rings. The molecule has 1 N–H and O–H groups in total. The summed E-state index contributed by atoms with van der Waals surface area (Å²) < 4.78 is 0. The van der Waals surface area contributed by atoms with E-state index in [4.69, 9.17) is 34.8 Å². The molecule has 0 saturated carbocycles. The highest BCUT2D eigenvalue weighted by Gasteiger charge is 2.21. The topological polar surface area (TPSA) is 54.4 Å². The van der Waals surface area contributed by atoms with Gasteiger partial charge in [0.2, 0.25) is 5.91 Å². The minimum Gasteiger partial charge on any atom is -0.323 e. The van der Waals surface area contributed by atoms with E-state index in [1.165, 1.54) is 0 Å². The van der Waals surface area contributed by atoms with Crippen LogP contribution < -0.4 is 5.32 Å². The van der Waals surface area contributed by atoms with Crippen LogP contribution in [0.25, 0.3) is 0 Å². The van der Waals surface area contributed by atoms with E-state index in [-0.39, 0.29) is 12.5 Å². The molecule has 0 unspecified atom stereocenters. The largest absolute Gasteiger partial charge is 0.323 e. The second-order valence-corrected chi connectivity index (χ2v) is 5.60. The number of hydrogen-bond acceptors (Lipinski definition) is 3. The molecule has 0 spiro atoms. The summed E-state index contributed by atoms with van der Waals surface area (Å²) in [6.07, 6.45) is 0. The van der Waals surface area contributed by atoms with E-state index in [0.29, 0.717) is 37.9 Å². The van der Waals surface area contributed by atoms with Crippen LogP contribution in [-0.4, -0.2) is 23.1 Å². The van der Waals surface area contributed by atoms with Gasteiger partial charge in [0.1, 0.15) is 17.4 Å². The average molecular weight is 341 g/mol. The van der Waals surface area contributed by atoms with E-state index in [1.54, 1.807) is 30.3 Å². The van der Waals surface area contributed by atoms with Gasteiger partial charge in [-0.1, -0.05) is 34.8 Å². The molecule has 3 rings (SSSR count). The van der Waals surface area contributed by atoms with Crippen molar-refractivity contribution in [1.82, 2.24) is 4.98 Å². The zero-order chi connectivity index (χ0) is 15.0. The molecule has 1 aromatic carbocycles. The summed E-state index contributed by atoms with van der Waals surface area (Å²) in [7, 11) is 0. The molecule has 4 nitrogen and oxygen atoms in total. The molecule has 7 heteroatoms. The molecular formula is C14H8Cl3N3O. The van der Waals surface area contributed by atoms with Crippen molar-refractivity contribution in [3.05, 3.63) is 56.8 Å². The third kappa shape index (κ3) is 2.88. The van der Waals surface area contributed by atoms with Crippen molar-refractivity contribution in [2.24, 2.45) is 4.99 Å². The van der Waals surface area contributed by atoms with E-state index in [1.807, 2.05) is 0 Å². The molecule has 0 atom stereocenters. The number of rotatable bonds is 1. The molecule has 1 aromatic heterocycles. The van der Waals surface area contributed by atoms with Crippen molar-refractivity contribution in [2.45, 2.75) is 0 Å². The lowest BCUT2D eigenvalue weighted by molar-refractivity contribution is -0.114. The molecule has 1 aliphatic heterocycles. The first kappa shape index (κ1) is 14.3. The standard InChI is InChI=1S/C14H8Cl3N3O/c15-7-1-2-9(16)8(5-7)13-14-10(3-4-11(17)20-14)19-12(21)6-18-13/h1-5H,6H2,(H,19,21). The second kappa shape index (κ2) is 5.64. The van der Waals surface area contributed by atoms with E-state index >= 15 is 0 Å². The smallest absolute Gasteiger partial charge is 0.246 e. The molecule has 2 aromatic rings. The SMILES string of the molecule is O=C1CN=C(c2cc(Cl)ccc2Cl)c2nc(Cl)ccc2N1. The van der Waals surface area contributed by atoms with Crippen molar-refractivity contribution in [3.63, 3.8) is 0 Å². The zero-order valence-electron chi connectivity index (χ0n) is 10.5. The number of pyridine rings is 1. The van der Waals surface area contributed by atoms with Crippen LogP contribution in [0.1, 0.15) is 11.3 Å². The van der Waals surface area contributed by atoms with E-state index in [0.717, 1.165) is 0 Å². The lowest BCUT2D eigenvalue weighted by Crippen LogP contribution is -2.13. The Balaban J connectivity index is 2.24. The highest BCUT2D eigenvalue weighted by molar-refractivity contribution is 6.38. The predicted molar refractivity (Wildman–Crippen MR) is 84.8 cm³/mol. The number of carbonyl (C=O) groups is 1. The maximum atomic E-state index is 11.7. The number of fused-ring (bicyclic) bond motifs is 1. The first-order valence-electron chi connectivity index (χ1n) is 6.01. The number of nitrogens with one attached hydrogen (secondary N) is 1. The van der Waals surface area contributed by atoms with Crippen LogP contribution in [0.3, 0.4) is 0 Å². The maximum Gasteiger partial charge on any atom is 0.246 e. The van der Waals surface area contributed by atoms with Gasteiger partial charge in [-0.15, -0.1) is 0 Å². The molecule has 106 valence electrons. The lowest BCUT2D eigenvalue weighted by Gasteiger charge is -2.10. The van der Waals surface area contributed by atoms with Crippen molar-refractivity contribution < 1.29 is 4.79 Å². The van der Waals surface area contributed by atoms with E-state index in [9.17, 15) is 4.79 Å². The van der Waals surface area contributed by atoms with Gasteiger partial charge in [0.25, 0.3) is 0 Å². The number of anilines is 1.